The van der Waals surface area contributed by atoms with Gasteiger partial charge in [0.15, 0.2) is 5.11 Å². The molecule has 0 saturated heterocycles. The molecular formula is C23H19FN2O2S. The van der Waals surface area contributed by atoms with Gasteiger partial charge in [-0.05, 0) is 53.7 Å². The normalized spacial score (nSPS) is 10.5. The van der Waals surface area contributed by atoms with Gasteiger partial charge >= 0.3 is 0 Å². The number of nitrogens with one attached hydrogen (secondary N) is 2. The van der Waals surface area contributed by atoms with Crippen molar-refractivity contribution in [2.45, 2.75) is 6.61 Å². The summed E-state index contributed by atoms with van der Waals surface area (Å²) in [5, 5.41) is 5.69. The number of rotatable bonds is 6. The van der Waals surface area contributed by atoms with Crippen molar-refractivity contribution < 1.29 is 13.9 Å². The summed E-state index contributed by atoms with van der Waals surface area (Å²) < 4.78 is 18.7. The van der Waals surface area contributed by atoms with E-state index in [9.17, 15) is 9.18 Å². The summed E-state index contributed by atoms with van der Waals surface area (Å²) in [5.74, 6) is -0.0283. The smallest absolute Gasteiger partial charge is 0.250 e. The average Bonchev–Trinajstić information content (AvgIpc) is 2.73. The summed E-state index contributed by atoms with van der Waals surface area (Å²) in [6, 6.07) is 23.0. The Morgan fingerprint density at radius 2 is 1.76 bits per heavy atom. The van der Waals surface area contributed by atoms with Gasteiger partial charge in [-0.25, -0.2) is 4.39 Å². The fraction of sp³-hybridized carbons (Fsp3) is 0.0435. The van der Waals surface area contributed by atoms with E-state index in [1.54, 1.807) is 24.3 Å². The number of carbonyl (C=O) groups is 1. The number of benzene rings is 3. The maximum absolute atomic E-state index is 12.9. The Labute approximate surface area is 174 Å². The van der Waals surface area contributed by atoms with E-state index in [1.165, 1.54) is 18.2 Å². The predicted octanol–water partition coefficient (Wildman–Crippen LogP) is 4.93. The molecule has 4 nitrogen and oxygen atoms in total. The van der Waals surface area contributed by atoms with Crippen molar-refractivity contribution in [3.63, 3.8) is 0 Å². The number of halogens is 1. The van der Waals surface area contributed by atoms with Gasteiger partial charge in [-0.3, -0.25) is 10.1 Å². The molecule has 29 heavy (non-hydrogen) atoms. The van der Waals surface area contributed by atoms with Crippen LogP contribution in [0.2, 0.25) is 0 Å². The van der Waals surface area contributed by atoms with Gasteiger partial charge in [0, 0.05) is 17.8 Å². The lowest BCUT2D eigenvalue weighted by molar-refractivity contribution is -0.115. The van der Waals surface area contributed by atoms with E-state index in [0.717, 1.165) is 5.56 Å². The van der Waals surface area contributed by atoms with Crippen LogP contribution in [0, 0.1) is 5.82 Å². The zero-order valence-corrected chi connectivity index (χ0v) is 16.3. The van der Waals surface area contributed by atoms with Gasteiger partial charge < -0.3 is 10.1 Å². The molecule has 0 aliphatic rings. The van der Waals surface area contributed by atoms with Gasteiger partial charge in [0.05, 0.1) is 0 Å². The Balaban J connectivity index is 1.50. The maximum atomic E-state index is 12.9. The van der Waals surface area contributed by atoms with Gasteiger partial charge in [0.1, 0.15) is 18.2 Å². The first-order valence-electron chi connectivity index (χ1n) is 8.91. The fourth-order valence-corrected chi connectivity index (χ4v) is 2.68. The van der Waals surface area contributed by atoms with Crippen molar-refractivity contribution in [2.75, 3.05) is 5.32 Å². The molecule has 146 valence electrons. The van der Waals surface area contributed by atoms with E-state index >= 15 is 0 Å². The van der Waals surface area contributed by atoms with E-state index in [1.807, 2.05) is 48.5 Å². The molecule has 0 bridgehead atoms. The number of anilines is 1. The lowest BCUT2D eigenvalue weighted by atomic mass is 10.2. The van der Waals surface area contributed by atoms with E-state index in [4.69, 9.17) is 17.0 Å². The van der Waals surface area contributed by atoms with Gasteiger partial charge in [-0.15, -0.1) is 0 Å². The Hall–Kier alpha value is -3.51. The molecule has 0 aliphatic heterocycles. The highest BCUT2D eigenvalue weighted by Crippen LogP contribution is 2.18. The number of hydrogen-bond donors (Lipinski definition) is 2. The van der Waals surface area contributed by atoms with Gasteiger partial charge in [-0.2, -0.15) is 0 Å². The van der Waals surface area contributed by atoms with Crippen LogP contribution >= 0.6 is 12.2 Å². The Morgan fingerprint density at radius 1 is 1.00 bits per heavy atom. The molecule has 0 unspecified atom stereocenters. The van der Waals surface area contributed by atoms with E-state index in [2.05, 4.69) is 10.6 Å². The summed E-state index contributed by atoms with van der Waals surface area (Å²) in [5.41, 5.74) is 2.48. The molecule has 6 heteroatoms. The Kier molecular flexibility index (Phi) is 7.08. The quantitative estimate of drug-likeness (QED) is 0.450. The Morgan fingerprint density at radius 3 is 2.52 bits per heavy atom. The zero-order valence-electron chi connectivity index (χ0n) is 15.5. The van der Waals surface area contributed by atoms with Crippen LogP contribution in [-0.4, -0.2) is 11.0 Å². The minimum Gasteiger partial charge on any atom is -0.489 e. The van der Waals surface area contributed by atoms with Crippen LogP contribution in [0.4, 0.5) is 10.1 Å². The molecule has 0 aliphatic carbocycles. The van der Waals surface area contributed by atoms with Crippen LogP contribution in [0.1, 0.15) is 11.1 Å². The maximum Gasteiger partial charge on any atom is 0.250 e. The summed E-state index contributed by atoms with van der Waals surface area (Å²) in [6.07, 6.45) is 2.91. The molecule has 1 amide bonds. The monoisotopic (exact) mass is 406 g/mol. The lowest BCUT2D eigenvalue weighted by Crippen LogP contribution is -2.32. The number of thiocarbonyl (C=S) groups is 1. The molecule has 0 heterocycles. The number of carbonyl (C=O) groups excluding carboxylic acids is 1. The van der Waals surface area contributed by atoms with Crippen molar-refractivity contribution in [2.24, 2.45) is 0 Å². The molecule has 0 atom stereocenters. The standard InChI is InChI=1S/C23H19FN2O2S/c24-19-12-9-17(10-13-19)11-14-22(27)26-23(29)25-20-7-4-8-21(15-20)28-16-18-5-2-1-3-6-18/h1-15H,16H2,(H2,25,26,27,29)/b14-11+. The van der Waals surface area contributed by atoms with Crippen LogP contribution in [-0.2, 0) is 11.4 Å². The minimum absolute atomic E-state index is 0.166. The molecule has 0 aromatic heterocycles. The largest absolute Gasteiger partial charge is 0.489 e. The molecule has 0 radical (unpaired) electrons. The molecule has 3 rings (SSSR count). The summed E-state index contributed by atoms with van der Waals surface area (Å²) >= 11 is 5.18. The second kappa shape index (κ2) is 10.1. The lowest BCUT2D eigenvalue weighted by Gasteiger charge is -2.11. The third-order valence-corrected chi connectivity index (χ3v) is 4.08. The third kappa shape index (κ3) is 6.86. The number of ether oxygens (including phenoxy) is 1. The van der Waals surface area contributed by atoms with E-state index in [-0.39, 0.29) is 16.8 Å². The summed E-state index contributed by atoms with van der Waals surface area (Å²) in [6.45, 7) is 0.458. The molecular weight excluding hydrogens is 387 g/mol. The van der Waals surface area contributed by atoms with E-state index < -0.39 is 0 Å². The molecule has 3 aromatic carbocycles. The average molecular weight is 406 g/mol. The third-order valence-electron chi connectivity index (χ3n) is 3.87. The van der Waals surface area contributed by atoms with Crippen LogP contribution in [0.25, 0.3) is 6.08 Å². The molecule has 2 N–H and O–H groups in total. The van der Waals surface area contributed by atoms with E-state index in [0.29, 0.717) is 23.6 Å². The zero-order chi connectivity index (χ0) is 20.5. The minimum atomic E-state index is -0.386. The first kappa shape index (κ1) is 20.2. The summed E-state index contributed by atoms with van der Waals surface area (Å²) in [7, 11) is 0. The highest BCUT2D eigenvalue weighted by atomic mass is 32.1. The van der Waals surface area contributed by atoms with Crippen molar-refractivity contribution in [1.29, 1.82) is 0 Å². The van der Waals surface area contributed by atoms with Crippen molar-refractivity contribution in [3.05, 3.63) is 102 Å². The Bertz CT molecular complexity index is 1000. The first-order valence-corrected chi connectivity index (χ1v) is 9.32. The van der Waals surface area contributed by atoms with Crippen molar-refractivity contribution >= 4 is 35.0 Å². The van der Waals surface area contributed by atoms with Gasteiger partial charge in [0.2, 0.25) is 5.91 Å². The van der Waals surface area contributed by atoms with Crippen LogP contribution in [0.15, 0.2) is 84.9 Å². The van der Waals surface area contributed by atoms with Gasteiger partial charge in [-0.1, -0.05) is 48.5 Å². The van der Waals surface area contributed by atoms with Crippen molar-refractivity contribution in [3.8, 4) is 5.75 Å². The second-order valence-corrected chi connectivity index (χ2v) is 6.54. The van der Waals surface area contributed by atoms with Crippen molar-refractivity contribution in [1.82, 2.24) is 5.32 Å². The van der Waals surface area contributed by atoms with Gasteiger partial charge in [0.25, 0.3) is 0 Å². The first-order chi connectivity index (χ1) is 14.1. The fourth-order valence-electron chi connectivity index (χ4n) is 2.47. The SMILES string of the molecule is O=C(/C=C/c1ccc(F)cc1)NC(=S)Nc1cccc(OCc2ccccc2)c1. The highest BCUT2D eigenvalue weighted by molar-refractivity contribution is 7.80. The number of hydrogen-bond acceptors (Lipinski definition) is 3. The molecule has 0 saturated carbocycles. The predicted molar refractivity (Wildman–Crippen MR) is 117 cm³/mol. The van der Waals surface area contributed by atoms with Crippen LogP contribution < -0.4 is 15.4 Å². The highest BCUT2D eigenvalue weighted by Gasteiger charge is 2.03. The molecule has 3 aromatic rings. The van der Waals surface area contributed by atoms with Crippen LogP contribution in [0.5, 0.6) is 5.75 Å². The van der Waals surface area contributed by atoms with Crippen LogP contribution in [0.3, 0.4) is 0 Å². The molecule has 0 fully saturated rings. The summed E-state index contributed by atoms with van der Waals surface area (Å²) in [4.78, 5) is 12.0. The second-order valence-electron chi connectivity index (χ2n) is 6.13. The topological polar surface area (TPSA) is 50.4 Å². The number of amides is 1. The molecule has 0 spiro atoms.